The van der Waals surface area contributed by atoms with Gasteiger partial charge in [0.2, 0.25) is 15.9 Å². The number of nitrogens with zero attached hydrogens (tertiary/aromatic N) is 5. The minimum atomic E-state index is -3.58. The van der Waals surface area contributed by atoms with Crippen LogP contribution in [0.5, 0.6) is 0 Å². The molecule has 9 nitrogen and oxygen atoms in total. The number of sulfonamides is 1. The lowest BCUT2D eigenvalue weighted by molar-refractivity contribution is -0.133. The Bertz CT molecular complexity index is 1280. The normalized spacial score (nSPS) is 15.5. The number of amides is 1. The first kappa shape index (κ1) is 20.9. The van der Waals surface area contributed by atoms with Crippen molar-refractivity contribution in [3.63, 3.8) is 0 Å². The largest absolute Gasteiger partial charge is 0.338 e. The van der Waals surface area contributed by atoms with Crippen molar-refractivity contribution in [1.29, 1.82) is 0 Å². The third-order valence-electron chi connectivity index (χ3n) is 5.10. The second-order valence-electron chi connectivity index (χ2n) is 7.11. The van der Waals surface area contributed by atoms with E-state index in [2.05, 4.69) is 10.3 Å². The Morgan fingerprint density at radius 2 is 1.65 bits per heavy atom. The molecule has 0 saturated carbocycles. The number of hydrogen-bond acceptors (Lipinski definition) is 6. The topological polar surface area (TPSA) is 105 Å². The molecule has 0 spiro atoms. The van der Waals surface area contributed by atoms with Crippen LogP contribution in [0.15, 0.2) is 64.8 Å². The summed E-state index contributed by atoms with van der Waals surface area (Å²) < 4.78 is 27.5. The van der Waals surface area contributed by atoms with E-state index in [-0.39, 0.29) is 44.2 Å². The molecule has 0 N–H and O–H groups in total. The first-order valence-electron chi connectivity index (χ1n) is 9.78. The highest BCUT2D eigenvalue weighted by atomic mass is 32.2. The number of carbonyl (C=O) groups is 1. The summed E-state index contributed by atoms with van der Waals surface area (Å²) in [5.74, 6) is -0.302. The molecule has 1 aliphatic rings. The molecule has 1 saturated heterocycles. The minimum Gasteiger partial charge on any atom is -0.338 e. The van der Waals surface area contributed by atoms with Gasteiger partial charge in [-0.2, -0.15) is 4.31 Å². The number of aromatic nitrogens is 3. The van der Waals surface area contributed by atoms with Gasteiger partial charge in [-0.05, 0) is 23.8 Å². The zero-order chi connectivity index (χ0) is 21.8. The molecule has 0 radical (unpaired) electrons. The van der Waals surface area contributed by atoms with Crippen molar-refractivity contribution in [2.24, 2.45) is 0 Å². The summed E-state index contributed by atoms with van der Waals surface area (Å²) in [6.45, 7) is 0.619. The van der Waals surface area contributed by atoms with Crippen molar-refractivity contribution in [3.05, 3.63) is 75.9 Å². The summed E-state index contributed by atoms with van der Waals surface area (Å²) in [5.41, 5.74) is 0.881. The lowest BCUT2D eigenvalue weighted by atomic mass is 10.2. The molecule has 4 rings (SSSR count). The van der Waals surface area contributed by atoms with E-state index >= 15 is 0 Å². The lowest BCUT2D eigenvalue weighted by Crippen LogP contribution is -2.51. The van der Waals surface area contributed by atoms with E-state index in [9.17, 15) is 18.0 Å². The van der Waals surface area contributed by atoms with E-state index in [4.69, 9.17) is 0 Å². The van der Waals surface area contributed by atoms with Crippen molar-refractivity contribution in [2.45, 2.75) is 6.54 Å². The zero-order valence-electron chi connectivity index (χ0n) is 16.7. The fourth-order valence-corrected chi connectivity index (χ4v) is 4.54. The molecule has 160 valence electrons. The van der Waals surface area contributed by atoms with Gasteiger partial charge >= 0.3 is 0 Å². The van der Waals surface area contributed by atoms with Crippen molar-refractivity contribution in [1.82, 2.24) is 24.2 Å². The number of fused-ring (bicyclic) bond motifs is 1. The van der Waals surface area contributed by atoms with Crippen LogP contribution >= 0.6 is 0 Å². The molecule has 1 aromatic heterocycles. The van der Waals surface area contributed by atoms with Crippen LogP contribution in [0.1, 0.15) is 5.56 Å². The highest BCUT2D eigenvalue weighted by Gasteiger charge is 2.27. The van der Waals surface area contributed by atoms with E-state index in [1.54, 1.807) is 30.3 Å². The van der Waals surface area contributed by atoms with Gasteiger partial charge in [-0.15, -0.1) is 5.10 Å². The molecule has 0 aliphatic carbocycles. The Hall–Kier alpha value is -3.37. The zero-order valence-corrected chi connectivity index (χ0v) is 17.5. The highest BCUT2D eigenvalue weighted by molar-refractivity contribution is 7.92. The fourth-order valence-electron chi connectivity index (χ4n) is 3.36. The third kappa shape index (κ3) is 4.70. The molecule has 1 fully saturated rings. The monoisotopic (exact) mass is 439 g/mol. The van der Waals surface area contributed by atoms with Crippen LogP contribution in [-0.2, 0) is 21.4 Å². The van der Waals surface area contributed by atoms with Crippen LogP contribution in [0.3, 0.4) is 0 Å². The summed E-state index contributed by atoms with van der Waals surface area (Å²) in [6, 6.07) is 16.0. The van der Waals surface area contributed by atoms with E-state index in [0.717, 1.165) is 10.2 Å². The van der Waals surface area contributed by atoms with Gasteiger partial charge in [0.15, 0.2) is 0 Å². The molecule has 1 amide bonds. The fraction of sp³-hybridized carbons (Fsp3) is 0.238. The molecular weight excluding hydrogens is 418 g/mol. The Morgan fingerprint density at radius 3 is 2.39 bits per heavy atom. The molecule has 3 aromatic rings. The van der Waals surface area contributed by atoms with Crippen LogP contribution in [0.25, 0.3) is 17.0 Å². The van der Waals surface area contributed by atoms with Gasteiger partial charge in [-0.25, -0.2) is 13.1 Å². The smallest absolute Gasteiger partial charge is 0.278 e. The van der Waals surface area contributed by atoms with Gasteiger partial charge in [0.05, 0.1) is 5.39 Å². The third-order valence-corrected chi connectivity index (χ3v) is 6.66. The molecule has 0 bridgehead atoms. The van der Waals surface area contributed by atoms with E-state index < -0.39 is 10.0 Å². The van der Waals surface area contributed by atoms with E-state index in [1.165, 1.54) is 14.6 Å². The maximum absolute atomic E-state index is 12.6. The van der Waals surface area contributed by atoms with Gasteiger partial charge in [0.25, 0.3) is 5.56 Å². The van der Waals surface area contributed by atoms with Crippen LogP contribution in [0.2, 0.25) is 0 Å². The van der Waals surface area contributed by atoms with E-state index in [1.807, 2.05) is 30.3 Å². The molecular formula is C21H21N5O4S. The SMILES string of the molecule is O=C(Cn1nnc2ccccc2c1=O)N1CCN(S(=O)(=O)/C=C/c2ccccc2)CC1. The van der Waals surface area contributed by atoms with Crippen LogP contribution < -0.4 is 5.56 Å². The summed E-state index contributed by atoms with van der Waals surface area (Å²) in [7, 11) is -3.58. The number of benzene rings is 2. The first-order valence-corrected chi connectivity index (χ1v) is 11.3. The van der Waals surface area contributed by atoms with Gasteiger partial charge in [-0.3, -0.25) is 9.59 Å². The lowest BCUT2D eigenvalue weighted by Gasteiger charge is -2.33. The molecule has 2 heterocycles. The molecule has 0 unspecified atom stereocenters. The standard InChI is InChI=1S/C21H21N5O4S/c27-20(16-26-21(28)18-8-4-5-9-19(18)22-23-26)24-11-13-25(14-12-24)31(29,30)15-10-17-6-2-1-3-7-17/h1-10,15H,11-14,16H2/b15-10+. The van der Waals surface area contributed by atoms with Crippen molar-refractivity contribution < 1.29 is 13.2 Å². The molecule has 1 aliphatic heterocycles. The Balaban J connectivity index is 1.38. The number of piperazine rings is 1. The maximum atomic E-state index is 12.6. The maximum Gasteiger partial charge on any atom is 0.278 e. The molecule has 10 heteroatoms. The molecule has 31 heavy (non-hydrogen) atoms. The van der Waals surface area contributed by atoms with Crippen molar-refractivity contribution in [2.75, 3.05) is 26.2 Å². The van der Waals surface area contributed by atoms with Gasteiger partial charge in [-0.1, -0.05) is 47.7 Å². The van der Waals surface area contributed by atoms with Crippen molar-refractivity contribution >= 4 is 32.9 Å². The second kappa shape index (κ2) is 8.78. The Labute approximate surface area is 179 Å². The summed E-state index contributed by atoms with van der Waals surface area (Å²) in [5, 5.41) is 9.40. The highest BCUT2D eigenvalue weighted by Crippen LogP contribution is 2.12. The minimum absolute atomic E-state index is 0.186. The predicted octanol–water partition coefficient (Wildman–Crippen LogP) is 0.936. The average Bonchev–Trinajstić information content (AvgIpc) is 2.80. The Kier molecular flexibility index (Phi) is 5.92. The second-order valence-corrected chi connectivity index (χ2v) is 8.93. The number of rotatable bonds is 5. The Morgan fingerprint density at radius 1 is 0.968 bits per heavy atom. The van der Waals surface area contributed by atoms with E-state index in [0.29, 0.717) is 10.9 Å². The van der Waals surface area contributed by atoms with Gasteiger partial charge in [0, 0.05) is 31.6 Å². The van der Waals surface area contributed by atoms with Crippen LogP contribution in [0.4, 0.5) is 0 Å². The predicted molar refractivity (Wildman–Crippen MR) is 116 cm³/mol. The summed E-state index contributed by atoms with van der Waals surface area (Å²) in [6.07, 6.45) is 1.55. The number of carbonyl (C=O) groups excluding carboxylic acids is 1. The molecule has 2 aromatic carbocycles. The summed E-state index contributed by atoms with van der Waals surface area (Å²) >= 11 is 0. The average molecular weight is 439 g/mol. The quantitative estimate of drug-likeness (QED) is 0.586. The van der Waals surface area contributed by atoms with Crippen molar-refractivity contribution in [3.8, 4) is 0 Å². The number of hydrogen-bond donors (Lipinski definition) is 0. The van der Waals surface area contributed by atoms with Gasteiger partial charge in [0.1, 0.15) is 12.1 Å². The van der Waals surface area contributed by atoms with Gasteiger partial charge < -0.3 is 4.90 Å². The summed E-state index contributed by atoms with van der Waals surface area (Å²) in [4.78, 5) is 26.7. The van der Waals surface area contributed by atoms with Crippen LogP contribution in [0, 0.1) is 0 Å². The first-order chi connectivity index (χ1) is 14.9. The van der Waals surface area contributed by atoms with Crippen LogP contribution in [-0.4, -0.2) is 64.7 Å². The molecule has 0 atom stereocenters.